The molecule has 5 nitrogen and oxygen atoms in total. The Morgan fingerprint density at radius 3 is 2.75 bits per heavy atom. The summed E-state index contributed by atoms with van der Waals surface area (Å²) >= 11 is 0. The fourth-order valence-corrected chi connectivity index (χ4v) is 2.55. The first kappa shape index (κ1) is 11.5. The monoisotopic (exact) mass is 266 g/mol. The van der Waals surface area contributed by atoms with Gasteiger partial charge in [-0.1, -0.05) is 13.0 Å². The standard InChI is InChI=1S/C15H14N4O/c1-8-3-4-10(6-16-8)14-18-19-15(20-14)11-5-12-9(2)13(12)17-7-11/h3-7,9,12-13H,1-2H3/t9-,12?,13?/m1/s1. The fraction of sp³-hybridized carbons (Fsp3) is 0.333. The van der Waals surface area contributed by atoms with E-state index in [0.717, 1.165) is 16.8 Å². The van der Waals surface area contributed by atoms with E-state index in [1.54, 1.807) is 6.20 Å². The van der Waals surface area contributed by atoms with Crippen molar-refractivity contribution in [3.63, 3.8) is 0 Å². The van der Waals surface area contributed by atoms with E-state index in [0.29, 0.717) is 29.7 Å². The van der Waals surface area contributed by atoms with Crippen LogP contribution in [0.1, 0.15) is 18.5 Å². The van der Waals surface area contributed by atoms with E-state index in [1.165, 1.54) is 0 Å². The van der Waals surface area contributed by atoms with Gasteiger partial charge in [0.2, 0.25) is 11.8 Å². The maximum atomic E-state index is 5.73. The zero-order valence-electron chi connectivity index (χ0n) is 11.3. The molecule has 0 spiro atoms. The van der Waals surface area contributed by atoms with Crippen LogP contribution < -0.4 is 0 Å². The van der Waals surface area contributed by atoms with Crippen molar-refractivity contribution >= 4 is 11.8 Å². The van der Waals surface area contributed by atoms with Crippen LogP contribution in [0.15, 0.2) is 33.8 Å². The van der Waals surface area contributed by atoms with E-state index in [-0.39, 0.29) is 0 Å². The number of fused-ring (bicyclic) bond motifs is 1. The number of aliphatic imine (C=N–C) groups is 1. The minimum absolute atomic E-state index is 0.461. The van der Waals surface area contributed by atoms with Gasteiger partial charge in [-0.15, -0.1) is 10.2 Å². The van der Waals surface area contributed by atoms with Crippen LogP contribution in [0.4, 0.5) is 0 Å². The van der Waals surface area contributed by atoms with Gasteiger partial charge in [0.15, 0.2) is 0 Å². The highest BCUT2D eigenvalue weighted by Gasteiger charge is 2.46. The predicted octanol–water partition coefficient (Wildman–Crippen LogP) is 2.54. The molecule has 5 heteroatoms. The molecule has 2 aromatic heterocycles. The number of nitrogens with zero attached hydrogens (tertiary/aromatic N) is 4. The molecule has 1 fully saturated rings. The van der Waals surface area contributed by atoms with E-state index in [1.807, 2.05) is 25.3 Å². The first-order valence-electron chi connectivity index (χ1n) is 6.74. The lowest BCUT2D eigenvalue weighted by molar-refractivity contribution is 0.554. The third kappa shape index (κ3) is 1.78. The van der Waals surface area contributed by atoms with Crippen LogP contribution in [0.25, 0.3) is 17.0 Å². The van der Waals surface area contributed by atoms with Gasteiger partial charge in [-0.2, -0.15) is 0 Å². The summed E-state index contributed by atoms with van der Waals surface area (Å²) < 4.78 is 5.73. The van der Waals surface area contributed by atoms with Gasteiger partial charge >= 0.3 is 0 Å². The van der Waals surface area contributed by atoms with E-state index >= 15 is 0 Å². The number of aryl methyl sites for hydroxylation is 1. The minimum Gasteiger partial charge on any atom is -0.416 e. The van der Waals surface area contributed by atoms with Crippen molar-refractivity contribution in [2.45, 2.75) is 19.9 Å². The molecule has 0 radical (unpaired) electrons. The largest absolute Gasteiger partial charge is 0.416 e. The number of dihydropyridines is 1. The van der Waals surface area contributed by atoms with Crippen molar-refractivity contribution in [3.8, 4) is 11.5 Å². The predicted molar refractivity (Wildman–Crippen MR) is 75.2 cm³/mol. The first-order valence-corrected chi connectivity index (χ1v) is 6.74. The molecular formula is C15H14N4O. The molecule has 3 atom stereocenters. The third-order valence-corrected chi connectivity index (χ3v) is 3.99. The van der Waals surface area contributed by atoms with Crippen LogP contribution in [0.3, 0.4) is 0 Å². The highest BCUT2D eigenvalue weighted by atomic mass is 16.4. The van der Waals surface area contributed by atoms with Gasteiger partial charge in [0.25, 0.3) is 0 Å². The Balaban J connectivity index is 1.64. The average molecular weight is 266 g/mol. The van der Waals surface area contributed by atoms with Gasteiger partial charge in [0.1, 0.15) is 0 Å². The Hall–Kier alpha value is -2.30. The van der Waals surface area contributed by atoms with Crippen LogP contribution in [0.2, 0.25) is 0 Å². The normalized spacial score (nSPS) is 27.1. The molecule has 1 aliphatic heterocycles. The first-order chi connectivity index (χ1) is 9.72. The second kappa shape index (κ2) is 4.10. The highest BCUT2D eigenvalue weighted by Crippen LogP contribution is 2.46. The highest BCUT2D eigenvalue weighted by molar-refractivity contribution is 6.09. The van der Waals surface area contributed by atoms with Crippen LogP contribution in [0.5, 0.6) is 0 Å². The summed E-state index contributed by atoms with van der Waals surface area (Å²) in [5.41, 5.74) is 2.72. The zero-order valence-corrected chi connectivity index (χ0v) is 11.3. The number of pyridine rings is 1. The average Bonchev–Trinajstić information content (AvgIpc) is 2.90. The smallest absolute Gasteiger partial charge is 0.249 e. The summed E-state index contributed by atoms with van der Waals surface area (Å²) in [4.78, 5) is 8.74. The van der Waals surface area contributed by atoms with Gasteiger partial charge in [-0.3, -0.25) is 9.98 Å². The summed E-state index contributed by atoms with van der Waals surface area (Å²) in [5, 5.41) is 8.20. The quantitative estimate of drug-likeness (QED) is 0.838. The Morgan fingerprint density at radius 2 is 2.00 bits per heavy atom. The second-order valence-corrected chi connectivity index (χ2v) is 5.43. The summed E-state index contributed by atoms with van der Waals surface area (Å²) in [7, 11) is 0. The van der Waals surface area contributed by atoms with E-state index in [2.05, 4.69) is 33.2 Å². The molecule has 0 aromatic carbocycles. The summed E-state index contributed by atoms with van der Waals surface area (Å²) in [6, 6.07) is 4.32. The molecule has 1 aliphatic carbocycles. The third-order valence-electron chi connectivity index (χ3n) is 3.99. The SMILES string of the molecule is Cc1ccc(-c2nnc(C3=CC4C(N=C3)[C@@H]4C)o2)cn1. The molecular weight excluding hydrogens is 252 g/mol. The number of allylic oxidation sites excluding steroid dienone is 1. The van der Waals surface area contributed by atoms with Gasteiger partial charge in [-0.25, -0.2) is 0 Å². The molecule has 1 saturated carbocycles. The fourth-order valence-electron chi connectivity index (χ4n) is 2.55. The molecule has 0 saturated heterocycles. The van der Waals surface area contributed by atoms with Crippen LogP contribution in [0, 0.1) is 18.8 Å². The van der Waals surface area contributed by atoms with Crippen LogP contribution in [-0.4, -0.2) is 27.4 Å². The van der Waals surface area contributed by atoms with Crippen molar-refractivity contribution in [2.75, 3.05) is 0 Å². The molecule has 0 N–H and O–H groups in total. The lowest BCUT2D eigenvalue weighted by Gasteiger charge is -2.00. The molecule has 0 amide bonds. The van der Waals surface area contributed by atoms with Crippen molar-refractivity contribution in [3.05, 3.63) is 36.0 Å². The topological polar surface area (TPSA) is 64.2 Å². The maximum absolute atomic E-state index is 5.73. The number of rotatable bonds is 2. The maximum Gasteiger partial charge on any atom is 0.249 e. The molecule has 0 bridgehead atoms. The Bertz CT molecular complexity index is 714. The van der Waals surface area contributed by atoms with Gasteiger partial charge in [0, 0.05) is 24.0 Å². The van der Waals surface area contributed by atoms with E-state index in [9.17, 15) is 0 Å². The van der Waals surface area contributed by atoms with E-state index < -0.39 is 0 Å². The molecule has 100 valence electrons. The minimum atomic E-state index is 0.461. The molecule has 4 rings (SSSR count). The van der Waals surface area contributed by atoms with Crippen LogP contribution >= 0.6 is 0 Å². The van der Waals surface area contributed by atoms with Crippen LogP contribution in [-0.2, 0) is 0 Å². The second-order valence-electron chi connectivity index (χ2n) is 5.43. The zero-order chi connectivity index (χ0) is 13.7. The molecule has 2 unspecified atom stereocenters. The molecule has 2 aliphatic rings. The van der Waals surface area contributed by atoms with E-state index in [4.69, 9.17) is 4.42 Å². The lowest BCUT2D eigenvalue weighted by atomic mass is 10.2. The summed E-state index contributed by atoms with van der Waals surface area (Å²) in [5.74, 6) is 2.19. The number of aromatic nitrogens is 3. The van der Waals surface area contributed by atoms with Crippen molar-refractivity contribution < 1.29 is 4.42 Å². The Labute approximate surface area is 116 Å². The molecule has 3 heterocycles. The summed E-state index contributed by atoms with van der Waals surface area (Å²) in [6.07, 6.45) is 5.78. The number of hydrogen-bond donors (Lipinski definition) is 0. The van der Waals surface area contributed by atoms with Gasteiger partial charge in [0.05, 0.1) is 17.2 Å². The van der Waals surface area contributed by atoms with Crippen molar-refractivity contribution in [1.82, 2.24) is 15.2 Å². The molecule has 20 heavy (non-hydrogen) atoms. The Kier molecular flexibility index (Phi) is 2.36. The van der Waals surface area contributed by atoms with Crippen molar-refractivity contribution in [1.29, 1.82) is 0 Å². The number of hydrogen-bond acceptors (Lipinski definition) is 5. The van der Waals surface area contributed by atoms with Crippen molar-refractivity contribution in [2.24, 2.45) is 16.8 Å². The van der Waals surface area contributed by atoms with Gasteiger partial charge < -0.3 is 4.42 Å². The Morgan fingerprint density at radius 1 is 1.15 bits per heavy atom. The van der Waals surface area contributed by atoms with Gasteiger partial charge in [-0.05, 0) is 25.0 Å². The molecule has 2 aromatic rings. The summed E-state index contributed by atoms with van der Waals surface area (Å²) in [6.45, 7) is 4.16. The lowest BCUT2D eigenvalue weighted by Crippen LogP contribution is -1.95.